The maximum Gasteiger partial charge on any atom is 0.226 e. The van der Waals surface area contributed by atoms with Crippen LogP contribution in [-0.4, -0.2) is 101 Å². The van der Waals surface area contributed by atoms with E-state index in [1.54, 1.807) is 0 Å². The first-order chi connectivity index (χ1) is 14.9. The third kappa shape index (κ3) is 42.0. The predicted molar refractivity (Wildman–Crippen MR) is 117 cm³/mol. The monoisotopic (exact) mass is 468 g/mol. The average Bonchev–Trinajstić information content (AvgIpc) is 2.76. The molecule has 0 saturated heterocycles. The van der Waals surface area contributed by atoms with Gasteiger partial charge in [0.1, 0.15) is 17.9 Å². The van der Waals surface area contributed by atoms with Gasteiger partial charge in [-0.05, 0) is 26.7 Å². The molecule has 0 aliphatic rings. The number of ketones is 2. The molecule has 0 aromatic carbocycles. The van der Waals surface area contributed by atoms with Gasteiger partial charge in [0, 0.05) is 33.5 Å². The number of aldehydes is 1. The van der Waals surface area contributed by atoms with Gasteiger partial charge in [-0.15, -0.1) is 0 Å². The number of aliphatic hydroxyl groups is 5. The number of rotatable bonds is 12. The third-order valence-corrected chi connectivity index (χ3v) is 3.19. The van der Waals surface area contributed by atoms with Gasteiger partial charge in [-0.1, -0.05) is 0 Å². The first kappa shape index (κ1) is 37.1. The van der Waals surface area contributed by atoms with Gasteiger partial charge in [0.15, 0.2) is 0 Å². The van der Waals surface area contributed by atoms with Crippen LogP contribution in [0.5, 0.6) is 0 Å². The number of Topliss-reactive ketones (excluding diaryl/α,β-unsaturated/α-hetero) is 2. The number of carbonyl (C=O) groups excluding carboxylic acids is 5. The minimum atomic E-state index is -0.926. The van der Waals surface area contributed by atoms with Crippen molar-refractivity contribution in [1.82, 2.24) is 10.6 Å². The Balaban J connectivity index is -0.000000165. The summed E-state index contributed by atoms with van der Waals surface area (Å²) in [5, 5.41) is 46.7. The molecular weight excluding hydrogens is 428 g/mol. The van der Waals surface area contributed by atoms with Gasteiger partial charge >= 0.3 is 0 Å². The molecule has 190 valence electrons. The molecule has 0 bridgehead atoms. The van der Waals surface area contributed by atoms with Crippen LogP contribution in [0.1, 0.15) is 52.4 Å². The van der Waals surface area contributed by atoms with E-state index in [9.17, 15) is 24.0 Å². The highest BCUT2D eigenvalue weighted by Gasteiger charge is 2.06. The van der Waals surface area contributed by atoms with Crippen LogP contribution in [0, 0.1) is 0 Å². The highest BCUT2D eigenvalue weighted by Crippen LogP contribution is 1.95. The van der Waals surface area contributed by atoms with Crippen LogP contribution in [-0.2, 0) is 24.0 Å². The maximum atomic E-state index is 10.4. The molecule has 0 aliphatic carbocycles. The lowest BCUT2D eigenvalue weighted by molar-refractivity contribution is -0.124. The van der Waals surface area contributed by atoms with E-state index >= 15 is 0 Å². The van der Waals surface area contributed by atoms with Crippen molar-refractivity contribution in [1.29, 1.82) is 0 Å². The Bertz CT molecular complexity index is 501. The van der Waals surface area contributed by atoms with Crippen LogP contribution >= 0.6 is 0 Å². The summed E-state index contributed by atoms with van der Waals surface area (Å²) in [5.74, 6) is -0.317. The first-order valence-corrected chi connectivity index (χ1v) is 9.97. The minimum absolute atomic E-state index is 0.0312. The summed E-state index contributed by atoms with van der Waals surface area (Å²) in [6.45, 7) is 2.49. The van der Waals surface area contributed by atoms with Crippen molar-refractivity contribution >= 4 is 29.7 Å². The van der Waals surface area contributed by atoms with Crippen molar-refractivity contribution < 1.29 is 49.5 Å². The summed E-state index contributed by atoms with van der Waals surface area (Å²) in [6.07, 6.45) is 0.681. The van der Waals surface area contributed by atoms with Crippen LogP contribution < -0.4 is 10.6 Å². The Hall–Kier alpha value is -2.25. The molecular formula is C20H40N2O10. The first-order valence-electron chi connectivity index (χ1n) is 9.97. The van der Waals surface area contributed by atoms with Crippen molar-refractivity contribution in [2.24, 2.45) is 0 Å². The fourth-order valence-electron chi connectivity index (χ4n) is 1.35. The minimum Gasteiger partial charge on any atom is -0.396 e. The molecule has 7 N–H and O–H groups in total. The van der Waals surface area contributed by atoms with E-state index in [1.807, 2.05) is 0 Å². The Morgan fingerprint density at radius 2 is 1.28 bits per heavy atom. The van der Waals surface area contributed by atoms with E-state index in [1.165, 1.54) is 27.9 Å². The molecule has 12 nitrogen and oxygen atoms in total. The molecule has 0 saturated carbocycles. The van der Waals surface area contributed by atoms with Crippen LogP contribution in [0.25, 0.3) is 0 Å². The van der Waals surface area contributed by atoms with Gasteiger partial charge in [-0.2, -0.15) is 0 Å². The summed E-state index contributed by atoms with van der Waals surface area (Å²) in [4.78, 5) is 50.3. The zero-order valence-corrected chi connectivity index (χ0v) is 19.4. The van der Waals surface area contributed by atoms with Crippen molar-refractivity contribution in [3.63, 3.8) is 0 Å². The highest BCUT2D eigenvalue weighted by molar-refractivity contribution is 5.87. The SMILES string of the molecule is CC(=O)CCC(O)CO.CC(=O)CCCO.CNC(=O)CC(O)CO.CNC(=O)CC=O. The highest BCUT2D eigenvalue weighted by atomic mass is 16.3. The van der Waals surface area contributed by atoms with Crippen LogP contribution in [0.3, 0.4) is 0 Å². The second-order valence-electron chi connectivity index (χ2n) is 6.36. The Morgan fingerprint density at radius 1 is 0.812 bits per heavy atom. The molecule has 32 heavy (non-hydrogen) atoms. The zero-order chi connectivity index (χ0) is 25.9. The van der Waals surface area contributed by atoms with Gasteiger partial charge in [0.25, 0.3) is 0 Å². The van der Waals surface area contributed by atoms with Crippen molar-refractivity contribution in [3.05, 3.63) is 0 Å². The summed E-state index contributed by atoms with van der Waals surface area (Å²) in [5.41, 5.74) is 0. The molecule has 12 heteroatoms. The molecule has 2 unspecified atom stereocenters. The Morgan fingerprint density at radius 3 is 1.53 bits per heavy atom. The zero-order valence-electron chi connectivity index (χ0n) is 19.4. The number of hydrogen-bond donors (Lipinski definition) is 7. The van der Waals surface area contributed by atoms with Crippen LogP contribution in [0.4, 0.5) is 0 Å². The second-order valence-corrected chi connectivity index (χ2v) is 6.36. The predicted octanol–water partition coefficient (Wildman–Crippen LogP) is -2.15. The molecule has 0 rings (SSSR count). The van der Waals surface area contributed by atoms with Gasteiger partial charge in [-0.3, -0.25) is 9.59 Å². The molecule has 0 spiro atoms. The maximum absolute atomic E-state index is 10.4. The fraction of sp³-hybridized carbons (Fsp3) is 0.750. The number of amides is 2. The number of aliphatic hydroxyl groups excluding tert-OH is 5. The topological polar surface area (TPSA) is 211 Å². The van der Waals surface area contributed by atoms with E-state index in [-0.39, 0.29) is 56.0 Å². The van der Waals surface area contributed by atoms with Gasteiger partial charge < -0.3 is 50.5 Å². The lowest BCUT2D eigenvalue weighted by Gasteiger charge is -2.03. The van der Waals surface area contributed by atoms with Gasteiger partial charge in [0.05, 0.1) is 38.3 Å². The van der Waals surface area contributed by atoms with Crippen LogP contribution in [0.2, 0.25) is 0 Å². The number of nitrogens with one attached hydrogen (secondary N) is 2. The van der Waals surface area contributed by atoms with E-state index in [4.69, 9.17) is 25.5 Å². The molecule has 2 atom stereocenters. The van der Waals surface area contributed by atoms with E-state index in [0.29, 0.717) is 32.0 Å². The van der Waals surface area contributed by atoms with E-state index in [2.05, 4.69) is 10.6 Å². The van der Waals surface area contributed by atoms with Gasteiger partial charge in [-0.25, -0.2) is 0 Å². The molecule has 0 heterocycles. The summed E-state index contributed by atoms with van der Waals surface area (Å²) in [6, 6.07) is 0. The van der Waals surface area contributed by atoms with Crippen molar-refractivity contribution in [2.45, 2.75) is 64.6 Å². The molecule has 0 aromatic heterocycles. The smallest absolute Gasteiger partial charge is 0.226 e. The molecule has 2 amide bonds. The molecule has 0 aliphatic heterocycles. The summed E-state index contributed by atoms with van der Waals surface area (Å²) >= 11 is 0. The quantitative estimate of drug-likeness (QED) is 0.122. The van der Waals surface area contributed by atoms with Crippen LogP contribution in [0.15, 0.2) is 0 Å². The average molecular weight is 469 g/mol. The standard InChI is InChI=1S/C6H12O3.C5H11NO3.C5H10O2.C4H7NO2/c1-5(8)2-3-6(9)4-7;1-6-5(9)2-4(8)3-7;1-5(7)3-2-4-6;1-5-4(7)2-3-6/h6-7,9H,2-4H2,1H3;4,7-8H,2-3H2,1H3,(H,6,9);6H,2-4H2,1H3;3H,2H2,1H3,(H,5,7). The van der Waals surface area contributed by atoms with Crippen molar-refractivity contribution in [2.75, 3.05) is 33.9 Å². The lowest BCUT2D eigenvalue weighted by atomic mass is 10.2. The molecule has 0 fully saturated rings. The fourth-order valence-corrected chi connectivity index (χ4v) is 1.35. The van der Waals surface area contributed by atoms with E-state index < -0.39 is 12.2 Å². The molecule has 0 radical (unpaired) electrons. The van der Waals surface area contributed by atoms with Gasteiger partial charge in [0.2, 0.25) is 11.8 Å². The largest absolute Gasteiger partial charge is 0.396 e. The number of carbonyl (C=O) groups is 5. The third-order valence-electron chi connectivity index (χ3n) is 3.19. The van der Waals surface area contributed by atoms with Crippen molar-refractivity contribution in [3.8, 4) is 0 Å². The molecule has 0 aromatic rings. The summed E-state index contributed by atoms with van der Waals surface area (Å²) in [7, 11) is 2.97. The summed E-state index contributed by atoms with van der Waals surface area (Å²) < 4.78 is 0. The Labute approximate surface area is 189 Å². The lowest BCUT2D eigenvalue weighted by Crippen LogP contribution is -2.25. The normalized spacial score (nSPS) is 10.9. The second kappa shape index (κ2) is 28.8. The number of hydrogen-bond acceptors (Lipinski definition) is 10. The van der Waals surface area contributed by atoms with E-state index in [0.717, 1.165) is 0 Å². The Kier molecular flexibility index (Phi) is 33.3.